The normalized spacial score (nSPS) is 11.1. The highest BCUT2D eigenvalue weighted by Gasteiger charge is 2.10. The standard InChI is InChI=1S/C22H21BrN4OS/c1-15-25-19-8-2-3-9-20(19)27(15)11-5-10-24-21(28)13-18-14-29-22(26-18)16-6-4-7-17(23)12-16/h2-4,6-9,12,14H,5,10-11,13H2,1H3,(H,24,28). The van der Waals surface area contributed by atoms with E-state index < -0.39 is 0 Å². The van der Waals surface area contributed by atoms with Crippen molar-refractivity contribution < 1.29 is 4.79 Å². The molecule has 0 saturated heterocycles. The third kappa shape index (κ3) is 4.74. The quantitative estimate of drug-likeness (QED) is 0.389. The lowest BCUT2D eigenvalue weighted by molar-refractivity contribution is -0.120. The van der Waals surface area contributed by atoms with Crippen molar-refractivity contribution in [1.29, 1.82) is 0 Å². The Kier molecular flexibility index (Phi) is 6.06. The Morgan fingerprint density at radius 1 is 1.17 bits per heavy atom. The number of aromatic nitrogens is 3. The molecule has 2 aromatic heterocycles. The summed E-state index contributed by atoms with van der Waals surface area (Å²) < 4.78 is 3.22. The summed E-state index contributed by atoms with van der Waals surface area (Å²) in [6.07, 6.45) is 1.16. The van der Waals surface area contributed by atoms with E-state index in [1.54, 1.807) is 11.3 Å². The Bertz CT molecular complexity index is 1150. The SMILES string of the molecule is Cc1nc2ccccc2n1CCCNC(=O)Cc1csc(-c2cccc(Br)c2)n1. The van der Waals surface area contributed by atoms with E-state index in [1.165, 1.54) is 0 Å². The monoisotopic (exact) mass is 468 g/mol. The second-order valence-electron chi connectivity index (χ2n) is 6.83. The molecule has 1 N–H and O–H groups in total. The molecule has 0 fully saturated rings. The molecule has 4 rings (SSSR count). The molecule has 2 heterocycles. The second-order valence-corrected chi connectivity index (χ2v) is 8.61. The van der Waals surface area contributed by atoms with Crippen LogP contribution in [0, 0.1) is 6.92 Å². The molecule has 5 nitrogen and oxygen atoms in total. The lowest BCUT2D eigenvalue weighted by atomic mass is 10.2. The number of aryl methyl sites for hydroxylation is 2. The van der Waals surface area contributed by atoms with Gasteiger partial charge < -0.3 is 9.88 Å². The number of fused-ring (bicyclic) bond motifs is 1. The first-order chi connectivity index (χ1) is 14.1. The Balaban J connectivity index is 1.28. The van der Waals surface area contributed by atoms with Crippen LogP contribution in [0.5, 0.6) is 0 Å². The van der Waals surface area contributed by atoms with E-state index in [2.05, 4.69) is 41.8 Å². The number of para-hydroxylation sites is 2. The molecular formula is C22H21BrN4OS. The van der Waals surface area contributed by atoms with Gasteiger partial charge in [-0.3, -0.25) is 4.79 Å². The van der Waals surface area contributed by atoms with Crippen molar-refractivity contribution in [3.8, 4) is 10.6 Å². The number of hydrogen-bond acceptors (Lipinski definition) is 4. The number of hydrogen-bond donors (Lipinski definition) is 1. The number of rotatable bonds is 7. The topological polar surface area (TPSA) is 59.8 Å². The first-order valence-corrected chi connectivity index (χ1v) is 11.2. The molecule has 148 valence electrons. The fourth-order valence-electron chi connectivity index (χ4n) is 3.31. The van der Waals surface area contributed by atoms with Crippen molar-refractivity contribution in [3.63, 3.8) is 0 Å². The maximum Gasteiger partial charge on any atom is 0.226 e. The first-order valence-electron chi connectivity index (χ1n) is 9.49. The molecular weight excluding hydrogens is 448 g/mol. The molecule has 0 aliphatic rings. The van der Waals surface area contributed by atoms with Crippen LogP contribution in [0.25, 0.3) is 21.6 Å². The number of nitrogens with zero attached hydrogens (tertiary/aromatic N) is 3. The summed E-state index contributed by atoms with van der Waals surface area (Å²) in [7, 11) is 0. The molecule has 0 aliphatic heterocycles. The van der Waals surface area contributed by atoms with Crippen molar-refractivity contribution in [3.05, 3.63) is 69.9 Å². The zero-order valence-corrected chi connectivity index (χ0v) is 18.5. The number of nitrogens with one attached hydrogen (secondary N) is 1. The van der Waals surface area contributed by atoms with Crippen molar-refractivity contribution in [2.45, 2.75) is 26.3 Å². The minimum atomic E-state index is 0.00306. The lowest BCUT2D eigenvalue weighted by Crippen LogP contribution is -2.27. The van der Waals surface area contributed by atoms with E-state index >= 15 is 0 Å². The number of carbonyl (C=O) groups excluding carboxylic acids is 1. The Labute approximate surface area is 181 Å². The van der Waals surface area contributed by atoms with Gasteiger partial charge >= 0.3 is 0 Å². The van der Waals surface area contributed by atoms with Crippen LogP contribution in [-0.2, 0) is 17.8 Å². The zero-order chi connectivity index (χ0) is 20.2. The third-order valence-electron chi connectivity index (χ3n) is 4.69. The average molecular weight is 469 g/mol. The van der Waals surface area contributed by atoms with Gasteiger partial charge in [-0.25, -0.2) is 9.97 Å². The largest absolute Gasteiger partial charge is 0.356 e. The maximum atomic E-state index is 12.3. The number of carbonyl (C=O) groups is 1. The number of thiazole rings is 1. The van der Waals surface area contributed by atoms with Gasteiger partial charge in [0, 0.05) is 28.5 Å². The molecule has 4 aromatic rings. The highest BCUT2D eigenvalue weighted by atomic mass is 79.9. The van der Waals surface area contributed by atoms with E-state index in [4.69, 9.17) is 0 Å². The van der Waals surface area contributed by atoms with Gasteiger partial charge in [-0.15, -0.1) is 11.3 Å². The van der Waals surface area contributed by atoms with Crippen LogP contribution in [0.4, 0.5) is 0 Å². The van der Waals surface area contributed by atoms with Crippen LogP contribution in [0.2, 0.25) is 0 Å². The molecule has 29 heavy (non-hydrogen) atoms. The molecule has 0 bridgehead atoms. The van der Waals surface area contributed by atoms with Gasteiger partial charge in [-0.1, -0.05) is 40.2 Å². The molecule has 2 aromatic carbocycles. The molecule has 0 atom stereocenters. The molecule has 0 aliphatic carbocycles. The Morgan fingerprint density at radius 2 is 2.03 bits per heavy atom. The minimum absolute atomic E-state index is 0.00306. The molecule has 7 heteroatoms. The van der Waals surface area contributed by atoms with Gasteiger partial charge in [0.15, 0.2) is 0 Å². The van der Waals surface area contributed by atoms with Gasteiger partial charge in [-0.2, -0.15) is 0 Å². The van der Waals surface area contributed by atoms with E-state index in [9.17, 15) is 4.79 Å². The molecule has 0 unspecified atom stereocenters. The molecule has 0 saturated carbocycles. The van der Waals surface area contributed by atoms with Crippen molar-refractivity contribution >= 4 is 44.2 Å². The van der Waals surface area contributed by atoms with Crippen LogP contribution in [0.3, 0.4) is 0 Å². The van der Waals surface area contributed by atoms with Gasteiger partial charge in [0.25, 0.3) is 0 Å². The summed E-state index contributed by atoms with van der Waals surface area (Å²) >= 11 is 5.04. The minimum Gasteiger partial charge on any atom is -0.356 e. The first kappa shape index (κ1) is 19.8. The summed E-state index contributed by atoms with van der Waals surface area (Å²) in [6, 6.07) is 16.2. The fraction of sp³-hybridized carbons (Fsp3) is 0.227. The summed E-state index contributed by atoms with van der Waals surface area (Å²) in [6.45, 7) is 3.48. The van der Waals surface area contributed by atoms with Gasteiger partial charge in [0.05, 0.1) is 23.1 Å². The third-order valence-corrected chi connectivity index (χ3v) is 6.12. The van der Waals surface area contributed by atoms with E-state index in [1.807, 2.05) is 54.8 Å². The Morgan fingerprint density at radius 3 is 2.90 bits per heavy atom. The molecule has 0 spiro atoms. The lowest BCUT2D eigenvalue weighted by Gasteiger charge is -2.08. The zero-order valence-electron chi connectivity index (χ0n) is 16.1. The van der Waals surface area contributed by atoms with Gasteiger partial charge in [0.1, 0.15) is 10.8 Å². The average Bonchev–Trinajstić information content (AvgIpc) is 3.29. The maximum absolute atomic E-state index is 12.3. The fourth-order valence-corrected chi connectivity index (χ4v) is 4.53. The number of halogens is 1. The van der Waals surface area contributed by atoms with Gasteiger partial charge in [-0.05, 0) is 37.6 Å². The van der Waals surface area contributed by atoms with Crippen LogP contribution in [0.15, 0.2) is 58.4 Å². The van der Waals surface area contributed by atoms with Crippen molar-refractivity contribution in [2.75, 3.05) is 6.54 Å². The Hall–Kier alpha value is -2.51. The van der Waals surface area contributed by atoms with E-state index in [0.717, 1.165) is 50.6 Å². The summed E-state index contributed by atoms with van der Waals surface area (Å²) in [5.74, 6) is 1.00. The summed E-state index contributed by atoms with van der Waals surface area (Å²) in [5, 5.41) is 5.89. The summed E-state index contributed by atoms with van der Waals surface area (Å²) in [4.78, 5) is 21.5. The van der Waals surface area contributed by atoms with Crippen LogP contribution in [0.1, 0.15) is 17.9 Å². The van der Waals surface area contributed by atoms with Crippen LogP contribution < -0.4 is 5.32 Å². The van der Waals surface area contributed by atoms with Gasteiger partial charge in [0.2, 0.25) is 5.91 Å². The molecule has 0 radical (unpaired) electrons. The van der Waals surface area contributed by atoms with Crippen LogP contribution in [-0.4, -0.2) is 27.0 Å². The number of amides is 1. The molecule has 1 amide bonds. The number of imidazole rings is 1. The number of benzene rings is 2. The van der Waals surface area contributed by atoms with Crippen molar-refractivity contribution in [2.24, 2.45) is 0 Å². The summed E-state index contributed by atoms with van der Waals surface area (Å²) in [5.41, 5.74) is 4.01. The highest BCUT2D eigenvalue weighted by molar-refractivity contribution is 9.10. The predicted octanol–water partition coefficient (Wildman–Crippen LogP) is 4.98. The van der Waals surface area contributed by atoms with E-state index in [-0.39, 0.29) is 5.91 Å². The second kappa shape index (κ2) is 8.88. The van der Waals surface area contributed by atoms with Crippen molar-refractivity contribution in [1.82, 2.24) is 19.9 Å². The highest BCUT2D eigenvalue weighted by Crippen LogP contribution is 2.26. The smallest absolute Gasteiger partial charge is 0.226 e. The van der Waals surface area contributed by atoms with E-state index in [0.29, 0.717) is 13.0 Å². The van der Waals surface area contributed by atoms with Crippen LogP contribution >= 0.6 is 27.3 Å². The predicted molar refractivity (Wildman–Crippen MR) is 121 cm³/mol.